The first-order valence-corrected chi connectivity index (χ1v) is 30.0. The van der Waals surface area contributed by atoms with E-state index in [1.165, 1.54) is 0 Å². The van der Waals surface area contributed by atoms with Crippen molar-refractivity contribution in [2.24, 2.45) is 22.9 Å². The Morgan fingerprint density at radius 2 is 1.11 bits per heavy atom. The first-order valence-electron chi connectivity index (χ1n) is 28.4. The Kier molecular flexibility index (Phi) is 25.8. The van der Waals surface area contributed by atoms with Crippen molar-refractivity contribution in [2.45, 2.75) is 220 Å². The predicted octanol–water partition coefficient (Wildman–Crippen LogP) is -15.5. The Hall–Kier alpha value is -3.75. The van der Waals surface area contributed by atoms with Crippen molar-refractivity contribution in [3.05, 3.63) is 11.8 Å². The van der Waals surface area contributed by atoms with E-state index in [0.717, 1.165) is 0 Å². The zero-order valence-corrected chi connectivity index (χ0v) is 49.5. The SMILES string of the molecule is N[C@@H]1[C@@H](O)[C@H](O)[C@@H](CO[C@@H]2O[C@H](CO[C@]3(C(=O)O)C[C@@H](O[C@]4(C(=O)O)C[C@@H](O)[C@@H](O)[C@@H]([C@H](O)CO)O4)[C@@H](O[C@]4(C(=O)O)C[C@@H](O[C@H]5OC(C(=O)O)=C[C@H](O)[C@H]5N)[C@@H](O)[C@@H]([C@@H](CO)O[C@@H]5O[C@H](CO)[C@@H](O)[C@H](O)[C@H]5N)O4)[C@@H]([C@H](O)CO)O3)[C@@H](OP(=O)(O)O)[C@H](O)[C@H]2N)O[C@@H]1O. The summed E-state index contributed by atoms with van der Waals surface area (Å²) in [5.41, 5.74) is 23.9. The molecule has 0 aromatic rings. The number of hydrogen-bond acceptors (Lipinski definition) is 39. The molecule has 0 saturated carbocycles. The maximum absolute atomic E-state index is 14.3. The number of aliphatic hydroxyl groups is 16. The summed E-state index contributed by atoms with van der Waals surface area (Å²) in [5, 5.41) is 216. The van der Waals surface area contributed by atoms with Gasteiger partial charge in [-0.3, -0.25) is 4.52 Å². The van der Waals surface area contributed by atoms with Gasteiger partial charge >= 0.3 is 31.7 Å². The van der Waals surface area contributed by atoms with Gasteiger partial charge in [-0.2, -0.15) is 0 Å². The van der Waals surface area contributed by atoms with Gasteiger partial charge in [-0.1, -0.05) is 0 Å². The minimum atomic E-state index is -5.81. The van der Waals surface area contributed by atoms with Crippen molar-refractivity contribution in [3.63, 3.8) is 0 Å². The zero-order valence-electron chi connectivity index (χ0n) is 48.6. The van der Waals surface area contributed by atoms with Crippen LogP contribution in [0, 0.1) is 0 Å². The summed E-state index contributed by atoms with van der Waals surface area (Å²) in [4.78, 5) is 73.9. The molecule has 33 atom stereocenters. The normalized spacial score (nSPS) is 45.7. The number of phosphoric acid groups is 1. The third-order valence-corrected chi connectivity index (χ3v) is 17.1. The number of ether oxygens (including phenoxy) is 13. The van der Waals surface area contributed by atoms with Crippen LogP contribution in [0.3, 0.4) is 0 Å². The minimum Gasteiger partial charge on any atom is -0.477 e. The summed E-state index contributed by atoms with van der Waals surface area (Å²) >= 11 is 0. The van der Waals surface area contributed by atoms with E-state index in [0.29, 0.717) is 6.08 Å². The molecule has 6 saturated heterocycles. The van der Waals surface area contributed by atoms with Crippen molar-refractivity contribution in [3.8, 4) is 0 Å². The average molecular weight is 1400 g/mol. The van der Waals surface area contributed by atoms with Crippen LogP contribution in [0.1, 0.15) is 19.3 Å². The highest BCUT2D eigenvalue weighted by Crippen LogP contribution is 2.47. The third kappa shape index (κ3) is 16.4. The number of carboxylic acids is 4. The van der Waals surface area contributed by atoms with Gasteiger partial charge in [-0.25, -0.2) is 23.7 Å². The van der Waals surface area contributed by atoms with Crippen LogP contribution < -0.4 is 22.9 Å². The standard InChI is InChI=1S/C48H79N4O41P/c49-22-11(57)1-15(38(68)69)83-41(22)84-16-3-48(45(75)76,91-35(29(16)64)19(8-56)86-42-24(51)31(66)27(62)18(7-55)85-42)92-37-17(88-47(44(73)74)2-12(58)26(61)33(89-47)13(59)5-53)4-46(43(71)72,90-34(37)14(60)6-54)81-10-21-36(93-94(77,78)79)32(67)25(52)40(87-21)80-9-20-28(63)30(65)23(50)39(70)82-20/h1,11-14,16-37,39-42,53-67,70H,2-10,49-52H2,(H,68,69)(H,71,72)(H,73,74)(H,75,76)(H2,77,78,79)/t11-,12+,13+,14+,16+,17+,18+,19+,20+,21+,22+,23+,24+,25+,26+,27+,28+,29+,30+,31+,32+,33+,34+,35+,36+,37+,39-,40+,41+,42-,46+,47+,48-/m0/s1. The van der Waals surface area contributed by atoms with Crippen LogP contribution >= 0.6 is 7.82 Å². The molecule has 0 aromatic carbocycles. The van der Waals surface area contributed by atoms with Crippen LogP contribution in [-0.4, -0.2) is 376 Å². The van der Waals surface area contributed by atoms with E-state index in [-0.39, 0.29) is 0 Å². The molecule has 45 nitrogen and oxygen atoms in total. The molecule has 542 valence electrons. The molecule has 6 fully saturated rings. The summed E-state index contributed by atoms with van der Waals surface area (Å²) in [7, 11) is -5.81. The van der Waals surface area contributed by atoms with Crippen LogP contribution in [0.4, 0.5) is 0 Å². The van der Waals surface area contributed by atoms with Crippen LogP contribution in [-0.2, 0) is 89.8 Å². The fraction of sp³-hybridized carbons (Fsp3) is 0.875. The Morgan fingerprint density at radius 3 is 1.68 bits per heavy atom. The van der Waals surface area contributed by atoms with E-state index in [1.807, 2.05) is 0 Å². The molecule has 0 amide bonds. The van der Waals surface area contributed by atoms with Gasteiger partial charge in [-0.05, 0) is 6.08 Å². The fourth-order valence-electron chi connectivity index (χ4n) is 11.3. The zero-order chi connectivity index (χ0) is 70.2. The highest BCUT2D eigenvalue weighted by atomic mass is 31.2. The molecule has 0 radical (unpaired) electrons. The van der Waals surface area contributed by atoms with Crippen molar-refractivity contribution in [2.75, 3.05) is 39.6 Å². The molecule has 7 aliphatic rings. The molecule has 0 spiro atoms. The lowest BCUT2D eigenvalue weighted by Crippen LogP contribution is -2.71. The van der Waals surface area contributed by atoms with E-state index < -0.39 is 297 Å². The molecule has 0 aromatic heterocycles. The molecular weight excluding hydrogens is 1320 g/mol. The number of phosphoric ester groups is 1. The Balaban J connectivity index is 1.35. The van der Waals surface area contributed by atoms with Gasteiger partial charge in [0.15, 0.2) is 18.9 Å². The molecule has 94 heavy (non-hydrogen) atoms. The second kappa shape index (κ2) is 31.2. The van der Waals surface area contributed by atoms with Crippen LogP contribution in [0.25, 0.3) is 0 Å². The van der Waals surface area contributed by atoms with E-state index in [9.17, 15) is 136 Å². The van der Waals surface area contributed by atoms with Crippen molar-refractivity contribution in [1.29, 1.82) is 0 Å². The molecule has 30 N–H and O–H groups in total. The largest absolute Gasteiger partial charge is 0.477 e. The predicted molar refractivity (Wildman–Crippen MR) is 283 cm³/mol. The minimum absolute atomic E-state index is 0.609. The van der Waals surface area contributed by atoms with E-state index >= 15 is 0 Å². The summed E-state index contributed by atoms with van der Waals surface area (Å²) in [6.07, 6.45) is -62.9. The van der Waals surface area contributed by atoms with Crippen molar-refractivity contribution in [1.82, 2.24) is 0 Å². The number of aliphatic carboxylic acids is 4. The Morgan fingerprint density at radius 1 is 0.564 bits per heavy atom. The Labute approximate surface area is 527 Å². The van der Waals surface area contributed by atoms with Gasteiger partial charge in [0.05, 0.1) is 88.2 Å². The highest BCUT2D eigenvalue weighted by molar-refractivity contribution is 7.46. The van der Waals surface area contributed by atoms with Crippen LogP contribution in [0.5, 0.6) is 0 Å². The molecular formula is C48H79N4O41P. The van der Waals surface area contributed by atoms with Gasteiger partial charge in [0.25, 0.3) is 17.4 Å². The van der Waals surface area contributed by atoms with E-state index in [1.54, 1.807) is 0 Å². The first-order chi connectivity index (χ1) is 43.8. The van der Waals surface area contributed by atoms with Gasteiger partial charge in [-0.15, -0.1) is 0 Å². The molecule has 7 aliphatic heterocycles. The second-order valence-corrected chi connectivity index (χ2v) is 24.2. The maximum atomic E-state index is 14.3. The summed E-state index contributed by atoms with van der Waals surface area (Å²) in [5.74, 6) is -21.2. The first kappa shape index (κ1) is 77.6. The van der Waals surface area contributed by atoms with Gasteiger partial charge < -0.3 is 196 Å². The summed E-state index contributed by atoms with van der Waals surface area (Å²) in [6.45, 7) is -7.93. The lowest BCUT2D eigenvalue weighted by molar-refractivity contribution is -0.410. The number of hydrogen-bond donors (Lipinski definition) is 26. The molecule has 0 aliphatic carbocycles. The lowest BCUT2D eigenvalue weighted by atomic mass is 9.88. The van der Waals surface area contributed by atoms with Crippen LogP contribution in [0.2, 0.25) is 0 Å². The second-order valence-electron chi connectivity index (χ2n) is 23.0. The molecule has 7 rings (SSSR count). The highest BCUT2D eigenvalue weighted by Gasteiger charge is 2.66. The molecule has 7 heterocycles. The van der Waals surface area contributed by atoms with Gasteiger partial charge in [0, 0.05) is 19.3 Å². The van der Waals surface area contributed by atoms with Crippen LogP contribution in [0.15, 0.2) is 11.8 Å². The fourth-order valence-corrected chi connectivity index (χ4v) is 11.9. The molecule has 0 unspecified atom stereocenters. The Bertz CT molecular complexity index is 2660. The number of rotatable bonds is 27. The molecule has 46 heteroatoms. The number of nitrogens with two attached hydrogens (primary N) is 4. The van der Waals surface area contributed by atoms with E-state index in [2.05, 4.69) is 0 Å². The van der Waals surface area contributed by atoms with Crippen molar-refractivity contribution < 1.29 is 202 Å². The summed E-state index contributed by atoms with van der Waals surface area (Å²) in [6, 6.07) is -7.17. The maximum Gasteiger partial charge on any atom is 0.470 e. The lowest BCUT2D eigenvalue weighted by Gasteiger charge is -2.53. The quantitative estimate of drug-likeness (QED) is 0.0340. The van der Waals surface area contributed by atoms with Gasteiger partial charge in [0.1, 0.15) is 110 Å². The third-order valence-electron chi connectivity index (χ3n) is 16.5. The molecule has 0 bridgehead atoms. The number of carbonyl (C=O) groups is 4. The number of aliphatic hydroxyl groups excluding tert-OH is 16. The van der Waals surface area contributed by atoms with Crippen molar-refractivity contribution >= 4 is 31.7 Å². The topological polar surface area (TPSA) is 764 Å². The average Bonchev–Trinajstić information content (AvgIpc) is 0.737. The smallest absolute Gasteiger partial charge is 0.470 e. The van der Waals surface area contributed by atoms with Gasteiger partial charge in [0.2, 0.25) is 12.0 Å². The number of carboxylic acid groups (broad SMARTS) is 4. The van der Waals surface area contributed by atoms with E-state index in [4.69, 9.17) is 89.0 Å². The summed E-state index contributed by atoms with van der Waals surface area (Å²) < 4.78 is 91.5. The monoisotopic (exact) mass is 1400 g/mol.